The van der Waals surface area contributed by atoms with Crippen molar-refractivity contribution in [2.75, 3.05) is 5.32 Å². The monoisotopic (exact) mass is 309 g/mol. The Bertz CT molecular complexity index is 775. The highest BCUT2D eigenvalue weighted by molar-refractivity contribution is 6.02. The quantitative estimate of drug-likeness (QED) is 0.761. The number of hydrogen-bond donors (Lipinski definition) is 1. The fraction of sp³-hybridized carbons (Fsp3) is 0.235. The molecule has 0 atom stereocenters. The van der Waals surface area contributed by atoms with Crippen molar-refractivity contribution >= 4 is 11.6 Å². The molecule has 3 rings (SSSR count). The molecule has 2 aromatic heterocycles. The minimum absolute atomic E-state index is 0.222. The van der Waals surface area contributed by atoms with Crippen LogP contribution >= 0.6 is 0 Å². The Labute approximate surface area is 134 Å². The van der Waals surface area contributed by atoms with Gasteiger partial charge in [-0.05, 0) is 25.0 Å². The van der Waals surface area contributed by atoms with Crippen LogP contribution < -0.4 is 5.32 Å². The molecule has 0 saturated heterocycles. The van der Waals surface area contributed by atoms with E-state index >= 15 is 0 Å². The Kier molecular flexibility index (Phi) is 4.52. The van der Waals surface area contributed by atoms with E-state index in [0.717, 1.165) is 19.5 Å². The van der Waals surface area contributed by atoms with Gasteiger partial charge in [0.05, 0.1) is 11.9 Å². The molecule has 23 heavy (non-hydrogen) atoms. The van der Waals surface area contributed by atoms with E-state index < -0.39 is 0 Å². The minimum Gasteiger partial charge on any atom is -0.318 e. The molecule has 6 nitrogen and oxygen atoms in total. The average molecular weight is 309 g/mol. The molecule has 0 spiro atoms. The summed E-state index contributed by atoms with van der Waals surface area (Å²) in [6.45, 7) is 3.49. The molecule has 118 valence electrons. The number of amides is 1. The number of rotatable bonds is 6. The number of benzene rings is 1. The maximum absolute atomic E-state index is 12.1. The molecule has 0 unspecified atom stereocenters. The second-order valence-corrected chi connectivity index (χ2v) is 5.24. The zero-order valence-corrected chi connectivity index (χ0v) is 13.0. The van der Waals surface area contributed by atoms with E-state index in [2.05, 4.69) is 27.6 Å². The summed E-state index contributed by atoms with van der Waals surface area (Å²) in [4.78, 5) is 12.1. The van der Waals surface area contributed by atoms with Crippen LogP contribution in [-0.2, 0) is 19.5 Å². The molecule has 6 heteroatoms. The summed E-state index contributed by atoms with van der Waals surface area (Å²) in [6, 6.07) is 12.0. The van der Waals surface area contributed by atoms with Crippen LogP contribution in [0.15, 0.2) is 55.0 Å². The highest BCUT2D eigenvalue weighted by Crippen LogP contribution is 2.09. The number of anilines is 1. The van der Waals surface area contributed by atoms with Gasteiger partial charge in [-0.25, -0.2) is 0 Å². The maximum atomic E-state index is 12.1. The molecule has 2 heterocycles. The normalized spacial score (nSPS) is 10.7. The molecule has 0 aliphatic rings. The highest BCUT2D eigenvalue weighted by atomic mass is 16.2. The lowest BCUT2D eigenvalue weighted by Crippen LogP contribution is -2.13. The van der Waals surface area contributed by atoms with Crippen molar-refractivity contribution in [3.63, 3.8) is 0 Å². The number of aromatic nitrogens is 4. The van der Waals surface area contributed by atoms with Gasteiger partial charge in [0, 0.05) is 25.5 Å². The molecule has 0 fully saturated rings. The van der Waals surface area contributed by atoms with Crippen molar-refractivity contribution in [1.29, 1.82) is 0 Å². The molecule has 0 saturated carbocycles. The number of nitrogens with one attached hydrogen (secondary N) is 1. The molecule has 3 aromatic rings. The van der Waals surface area contributed by atoms with Crippen LogP contribution in [-0.4, -0.2) is 25.5 Å². The Balaban J connectivity index is 1.57. The van der Waals surface area contributed by atoms with E-state index in [9.17, 15) is 4.79 Å². The molecule has 0 bridgehead atoms. The highest BCUT2D eigenvalue weighted by Gasteiger charge is 2.10. The number of carbonyl (C=O) groups excluding carboxylic acids is 1. The van der Waals surface area contributed by atoms with E-state index in [4.69, 9.17) is 0 Å². The summed E-state index contributed by atoms with van der Waals surface area (Å²) in [5.74, 6) is -0.222. The molecule has 1 amide bonds. The molecule has 0 aliphatic heterocycles. The fourth-order valence-electron chi connectivity index (χ4n) is 2.29. The summed E-state index contributed by atoms with van der Waals surface area (Å²) in [7, 11) is 0. The van der Waals surface area contributed by atoms with Crippen molar-refractivity contribution in [2.24, 2.45) is 0 Å². The van der Waals surface area contributed by atoms with Crippen LogP contribution in [0.25, 0.3) is 0 Å². The first-order chi connectivity index (χ1) is 11.2. The molecular weight excluding hydrogens is 290 g/mol. The second kappa shape index (κ2) is 6.91. The van der Waals surface area contributed by atoms with Crippen molar-refractivity contribution in [2.45, 2.75) is 26.4 Å². The van der Waals surface area contributed by atoms with E-state index in [1.54, 1.807) is 23.1 Å². The first-order valence-corrected chi connectivity index (χ1v) is 7.66. The van der Waals surface area contributed by atoms with E-state index in [0.29, 0.717) is 11.4 Å². The lowest BCUT2D eigenvalue weighted by Gasteiger charge is -2.02. The third kappa shape index (κ3) is 3.85. The zero-order chi connectivity index (χ0) is 16.1. The van der Waals surface area contributed by atoms with Gasteiger partial charge in [0.25, 0.3) is 5.91 Å². The maximum Gasteiger partial charge on any atom is 0.276 e. The lowest BCUT2D eigenvalue weighted by molar-refractivity contribution is 0.102. The Hall–Kier alpha value is -2.89. The van der Waals surface area contributed by atoms with Gasteiger partial charge in [-0.1, -0.05) is 30.3 Å². The Morgan fingerprint density at radius 2 is 2.00 bits per heavy atom. The molecule has 1 N–H and O–H groups in total. The number of aryl methyl sites for hydroxylation is 3. The van der Waals surface area contributed by atoms with Gasteiger partial charge in [-0.3, -0.25) is 14.2 Å². The van der Waals surface area contributed by atoms with Crippen molar-refractivity contribution in [3.8, 4) is 0 Å². The van der Waals surface area contributed by atoms with Gasteiger partial charge in [-0.15, -0.1) is 0 Å². The number of carbonyl (C=O) groups is 1. The Morgan fingerprint density at radius 1 is 1.17 bits per heavy atom. The van der Waals surface area contributed by atoms with Gasteiger partial charge in [0.2, 0.25) is 0 Å². The lowest BCUT2D eigenvalue weighted by atomic mass is 10.1. The molecule has 0 radical (unpaired) electrons. The van der Waals surface area contributed by atoms with E-state index in [1.807, 2.05) is 36.0 Å². The van der Waals surface area contributed by atoms with Gasteiger partial charge in [-0.2, -0.15) is 10.2 Å². The van der Waals surface area contributed by atoms with Crippen LogP contribution in [0.4, 0.5) is 5.69 Å². The fourth-order valence-corrected chi connectivity index (χ4v) is 2.29. The summed E-state index contributed by atoms with van der Waals surface area (Å²) in [5, 5.41) is 11.3. The number of hydrogen-bond acceptors (Lipinski definition) is 3. The van der Waals surface area contributed by atoms with Gasteiger partial charge in [0.15, 0.2) is 5.69 Å². The van der Waals surface area contributed by atoms with Crippen LogP contribution in [0, 0.1) is 0 Å². The standard InChI is InChI=1S/C17H19N5O/c1-2-21-11-9-16(20-21)17(23)19-15-12-18-22(13-15)10-8-14-6-4-3-5-7-14/h3-7,9,11-13H,2,8,10H2,1H3,(H,19,23). The SMILES string of the molecule is CCn1ccc(C(=O)Nc2cnn(CCc3ccccc3)c2)n1. The largest absolute Gasteiger partial charge is 0.318 e. The van der Waals surface area contributed by atoms with Crippen LogP contribution in [0.3, 0.4) is 0 Å². The van der Waals surface area contributed by atoms with Gasteiger partial charge in [0.1, 0.15) is 0 Å². The minimum atomic E-state index is -0.222. The Morgan fingerprint density at radius 3 is 2.74 bits per heavy atom. The van der Waals surface area contributed by atoms with E-state index in [-0.39, 0.29) is 5.91 Å². The number of nitrogens with zero attached hydrogens (tertiary/aromatic N) is 4. The first kappa shape index (κ1) is 15.0. The predicted molar refractivity (Wildman–Crippen MR) is 88.2 cm³/mol. The third-order valence-corrected chi connectivity index (χ3v) is 3.56. The molecule has 0 aliphatic carbocycles. The summed E-state index contributed by atoms with van der Waals surface area (Å²) in [5.41, 5.74) is 2.34. The van der Waals surface area contributed by atoms with Crippen LogP contribution in [0.5, 0.6) is 0 Å². The van der Waals surface area contributed by atoms with Gasteiger partial charge < -0.3 is 5.32 Å². The predicted octanol–water partition coefficient (Wildman–Crippen LogP) is 2.59. The van der Waals surface area contributed by atoms with Gasteiger partial charge >= 0.3 is 0 Å². The first-order valence-electron chi connectivity index (χ1n) is 7.66. The molecule has 1 aromatic carbocycles. The second-order valence-electron chi connectivity index (χ2n) is 5.24. The zero-order valence-electron chi connectivity index (χ0n) is 13.0. The van der Waals surface area contributed by atoms with Crippen LogP contribution in [0.1, 0.15) is 23.0 Å². The van der Waals surface area contributed by atoms with Crippen molar-refractivity contribution in [1.82, 2.24) is 19.6 Å². The van der Waals surface area contributed by atoms with Crippen LogP contribution in [0.2, 0.25) is 0 Å². The topological polar surface area (TPSA) is 64.7 Å². The van der Waals surface area contributed by atoms with Crippen molar-refractivity contribution < 1.29 is 4.79 Å². The van der Waals surface area contributed by atoms with E-state index in [1.165, 1.54) is 5.56 Å². The van der Waals surface area contributed by atoms with Crippen molar-refractivity contribution in [3.05, 3.63) is 66.2 Å². The summed E-state index contributed by atoms with van der Waals surface area (Å²) >= 11 is 0. The average Bonchev–Trinajstić information content (AvgIpc) is 3.23. The smallest absolute Gasteiger partial charge is 0.276 e. The summed E-state index contributed by atoms with van der Waals surface area (Å²) < 4.78 is 3.55. The summed E-state index contributed by atoms with van der Waals surface area (Å²) in [6.07, 6.45) is 6.17. The molecular formula is C17H19N5O. The third-order valence-electron chi connectivity index (χ3n) is 3.56.